The Bertz CT molecular complexity index is 1120. The minimum Gasteiger partial charge on any atom is -0.497 e. The van der Waals surface area contributed by atoms with Gasteiger partial charge in [-0.15, -0.1) is 11.3 Å². The van der Waals surface area contributed by atoms with Crippen LogP contribution < -0.4 is 4.74 Å². The number of carbonyl (C=O) groups excluding carboxylic acids is 1. The number of hydrogen-bond donors (Lipinski definition) is 0. The van der Waals surface area contributed by atoms with Crippen molar-refractivity contribution in [3.05, 3.63) is 75.5 Å². The van der Waals surface area contributed by atoms with Gasteiger partial charge in [0.25, 0.3) is 5.91 Å². The summed E-state index contributed by atoms with van der Waals surface area (Å²) in [6.45, 7) is 0. The van der Waals surface area contributed by atoms with Gasteiger partial charge in [-0.2, -0.15) is 0 Å². The molecule has 1 aromatic heterocycles. The maximum Gasteiger partial charge on any atom is 0.266 e. The number of nitrogens with zero attached hydrogens (tertiary/aromatic N) is 2. The Balaban J connectivity index is 1.49. The molecule has 152 valence electrons. The molecule has 0 radical (unpaired) electrons. The van der Waals surface area contributed by atoms with Gasteiger partial charge >= 0.3 is 0 Å². The normalized spacial score (nSPS) is 16.6. The second-order valence-electron chi connectivity index (χ2n) is 6.28. The first kappa shape index (κ1) is 21.1. The zero-order valence-corrected chi connectivity index (χ0v) is 19.4. The number of rotatable bonds is 5. The molecule has 3 aromatic rings. The van der Waals surface area contributed by atoms with Gasteiger partial charge in [-0.05, 0) is 78.5 Å². The predicted molar refractivity (Wildman–Crippen MR) is 128 cm³/mol. The lowest BCUT2D eigenvalue weighted by Gasteiger charge is -2.07. The maximum atomic E-state index is 12.7. The molecule has 0 saturated carbocycles. The molecule has 1 saturated heterocycles. The fourth-order valence-corrected chi connectivity index (χ4v) is 5.88. The number of thioether (sulfide) groups is 1. The number of amides is 1. The van der Waals surface area contributed by atoms with E-state index in [0.29, 0.717) is 10.1 Å². The number of amidine groups is 1. The number of likely N-dealkylation sites (N-methyl/N-ethyl adjacent to an activating group) is 1. The number of hydrogen-bond acceptors (Lipinski definition) is 6. The monoisotopic (exact) mass is 472 g/mol. The van der Waals surface area contributed by atoms with E-state index in [-0.39, 0.29) is 5.91 Å². The largest absolute Gasteiger partial charge is 0.497 e. The zero-order valence-electron chi connectivity index (χ0n) is 16.2. The molecule has 0 aliphatic carbocycles. The Hall–Kier alpha value is -2.19. The first-order chi connectivity index (χ1) is 14.5. The number of halogens is 1. The van der Waals surface area contributed by atoms with Crippen LogP contribution in [-0.2, 0) is 4.79 Å². The van der Waals surface area contributed by atoms with Crippen molar-refractivity contribution in [1.82, 2.24) is 4.90 Å². The van der Waals surface area contributed by atoms with Crippen molar-refractivity contribution in [2.45, 2.75) is 9.10 Å². The summed E-state index contributed by atoms with van der Waals surface area (Å²) in [7, 11) is 3.37. The summed E-state index contributed by atoms with van der Waals surface area (Å²) >= 11 is 10.7. The van der Waals surface area contributed by atoms with E-state index < -0.39 is 0 Å². The average Bonchev–Trinajstić information content (AvgIpc) is 3.30. The lowest BCUT2D eigenvalue weighted by molar-refractivity contribution is -0.121. The average molecular weight is 473 g/mol. The van der Waals surface area contributed by atoms with E-state index in [2.05, 4.69) is 11.1 Å². The lowest BCUT2D eigenvalue weighted by Crippen LogP contribution is -2.23. The molecule has 4 nitrogen and oxygen atoms in total. The second-order valence-corrected chi connectivity index (χ2v) is 10.2. The van der Waals surface area contributed by atoms with Crippen molar-refractivity contribution >= 4 is 69.3 Å². The molecular formula is C22H17ClN2O2S3. The summed E-state index contributed by atoms with van der Waals surface area (Å²) in [5.41, 5.74) is 0.775. The van der Waals surface area contributed by atoms with Gasteiger partial charge in [0, 0.05) is 21.8 Å². The fourth-order valence-electron chi connectivity index (χ4n) is 2.63. The molecule has 8 heteroatoms. The predicted octanol–water partition coefficient (Wildman–Crippen LogP) is 6.80. The fraction of sp³-hybridized carbons (Fsp3) is 0.0909. The van der Waals surface area contributed by atoms with Crippen LogP contribution in [0.5, 0.6) is 5.75 Å². The molecule has 0 unspecified atom stereocenters. The summed E-state index contributed by atoms with van der Waals surface area (Å²) < 4.78 is 6.32. The highest BCUT2D eigenvalue weighted by Gasteiger charge is 2.30. The van der Waals surface area contributed by atoms with Gasteiger partial charge in [-0.25, -0.2) is 4.99 Å². The highest BCUT2D eigenvalue weighted by molar-refractivity contribution is 8.18. The topological polar surface area (TPSA) is 41.9 Å². The zero-order chi connectivity index (χ0) is 21.1. The van der Waals surface area contributed by atoms with Crippen LogP contribution in [-0.4, -0.2) is 30.1 Å². The molecular weight excluding hydrogens is 456 g/mol. The molecule has 2 aromatic carbocycles. The van der Waals surface area contributed by atoms with Crippen molar-refractivity contribution < 1.29 is 9.53 Å². The van der Waals surface area contributed by atoms with E-state index in [1.165, 1.54) is 11.8 Å². The molecule has 0 N–H and O–H groups in total. The lowest BCUT2D eigenvalue weighted by atomic mass is 10.3. The Kier molecular flexibility index (Phi) is 6.53. The van der Waals surface area contributed by atoms with E-state index in [4.69, 9.17) is 16.3 Å². The van der Waals surface area contributed by atoms with Crippen LogP contribution in [0, 0.1) is 0 Å². The van der Waals surface area contributed by atoms with Crippen molar-refractivity contribution in [2.75, 3.05) is 14.2 Å². The molecule has 0 bridgehead atoms. The smallest absolute Gasteiger partial charge is 0.266 e. The van der Waals surface area contributed by atoms with Crippen LogP contribution in [0.3, 0.4) is 0 Å². The van der Waals surface area contributed by atoms with Crippen LogP contribution in [0.25, 0.3) is 6.08 Å². The first-order valence-electron chi connectivity index (χ1n) is 8.95. The van der Waals surface area contributed by atoms with E-state index in [1.807, 2.05) is 60.7 Å². The Labute approximate surface area is 192 Å². The molecule has 4 rings (SSSR count). The summed E-state index contributed by atoms with van der Waals surface area (Å²) in [4.78, 5) is 21.7. The van der Waals surface area contributed by atoms with Crippen LogP contribution in [0.1, 0.15) is 4.88 Å². The van der Waals surface area contributed by atoms with Gasteiger partial charge in [0.05, 0.1) is 21.9 Å². The third kappa shape index (κ3) is 4.92. The van der Waals surface area contributed by atoms with E-state index >= 15 is 0 Å². The number of aliphatic imine (C=N–C) groups is 1. The molecule has 1 fully saturated rings. The van der Waals surface area contributed by atoms with Crippen LogP contribution in [0.4, 0.5) is 5.69 Å². The highest BCUT2D eigenvalue weighted by Crippen LogP contribution is 2.38. The third-order valence-electron chi connectivity index (χ3n) is 4.21. The van der Waals surface area contributed by atoms with Crippen LogP contribution in [0.2, 0.25) is 5.02 Å². The second kappa shape index (κ2) is 9.31. The van der Waals surface area contributed by atoms with Crippen LogP contribution >= 0.6 is 46.5 Å². The van der Waals surface area contributed by atoms with E-state index in [0.717, 1.165) is 30.4 Å². The van der Waals surface area contributed by atoms with Crippen molar-refractivity contribution in [1.29, 1.82) is 0 Å². The molecule has 0 spiro atoms. The maximum absolute atomic E-state index is 12.7. The number of benzene rings is 2. The SMILES string of the molecule is COc1ccc(N=C2S/C(=C\c3ccc(Sc4ccc(Cl)cc4)s3)C(=O)N2C)cc1. The minimum atomic E-state index is -0.0486. The van der Waals surface area contributed by atoms with E-state index in [1.54, 1.807) is 42.2 Å². The van der Waals surface area contributed by atoms with Gasteiger partial charge in [0.2, 0.25) is 0 Å². The summed E-state index contributed by atoms with van der Waals surface area (Å²) in [6.07, 6.45) is 1.93. The molecule has 1 amide bonds. The molecule has 30 heavy (non-hydrogen) atoms. The summed E-state index contributed by atoms with van der Waals surface area (Å²) in [6, 6.07) is 19.3. The Morgan fingerprint density at radius 2 is 1.80 bits per heavy atom. The molecule has 1 aliphatic heterocycles. The van der Waals surface area contributed by atoms with Gasteiger partial charge in [0.1, 0.15) is 5.75 Å². The van der Waals surface area contributed by atoms with Gasteiger partial charge < -0.3 is 4.74 Å². The van der Waals surface area contributed by atoms with Crippen molar-refractivity contribution in [2.24, 2.45) is 4.99 Å². The van der Waals surface area contributed by atoms with Gasteiger partial charge in [-0.1, -0.05) is 23.4 Å². The summed E-state index contributed by atoms with van der Waals surface area (Å²) in [5.74, 6) is 0.723. The minimum absolute atomic E-state index is 0.0486. The molecule has 1 aliphatic rings. The number of carbonyl (C=O) groups is 1. The first-order valence-corrected chi connectivity index (χ1v) is 11.8. The highest BCUT2D eigenvalue weighted by atomic mass is 35.5. The molecule has 2 heterocycles. The third-order valence-corrected chi connectivity index (χ3v) is 7.69. The van der Waals surface area contributed by atoms with E-state index in [9.17, 15) is 4.79 Å². The quantitative estimate of drug-likeness (QED) is 0.383. The summed E-state index contributed by atoms with van der Waals surface area (Å²) in [5, 5.41) is 1.38. The standard InChI is InChI=1S/C22H17ClN2O2S3/c1-25-21(26)19(30-22(25)24-15-5-7-16(27-2)8-6-15)13-18-11-12-20(29-18)28-17-9-3-14(23)4-10-17/h3-13H,1-2H3/b19-13-,24-22?. The van der Waals surface area contributed by atoms with Gasteiger partial charge in [-0.3, -0.25) is 9.69 Å². The Morgan fingerprint density at radius 3 is 2.50 bits per heavy atom. The number of thiophene rings is 1. The van der Waals surface area contributed by atoms with Crippen molar-refractivity contribution in [3.8, 4) is 5.75 Å². The number of ether oxygens (including phenoxy) is 1. The Morgan fingerprint density at radius 1 is 1.07 bits per heavy atom. The van der Waals surface area contributed by atoms with Crippen molar-refractivity contribution in [3.63, 3.8) is 0 Å². The van der Waals surface area contributed by atoms with Gasteiger partial charge in [0.15, 0.2) is 5.17 Å². The molecule has 0 atom stereocenters. The van der Waals surface area contributed by atoms with Crippen LogP contribution in [0.15, 0.2) is 79.7 Å². The number of methoxy groups -OCH3 is 1.